The first-order chi connectivity index (χ1) is 28.4. The number of aryl methyl sites for hydroxylation is 8. The number of aromatic nitrogens is 4. The molecule has 0 fully saturated rings. The minimum Gasteiger partial charge on any atom is -0.309 e. The molecule has 278 valence electrons. The lowest BCUT2D eigenvalue weighted by Gasteiger charge is -2.31. The van der Waals surface area contributed by atoms with Crippen LogP contribution in [0.2, 0.25) is 0 Å². The largest absolute Gasteiger partial charge is 0.309 e. The molecular formula is C54H42N4. The second-order valence-corrected chi connectivity index (χ2v) is 16.7. The van der Waals surface area contributed by atoms with Gasteiger partial charge >= 0.3 is 0 Å². The van der Waals surface area contributed by atoms with Gasteiger partial charge in [-0.05, 0) is 170 Å². The van der Waals surface area contributed by atoms with Crippen molar-refractivity contribution in [3.63, 3.8) is 0 Å². The fourth-order valence-corrected chi connectivity index (χ4v) is 10.4. The molecular weight excluding hydrogens is 705 g/mol. The maximum Gasteiger partial charge on any atom is 0.0579 e. The highest BCUT2D eigenvalue weighted by atomic mass is 15.0. The zero-order valence-electron chi connectivity index (χ0n) is 33.3. The number of hydrogen-bond donors (Lipinski definition) is 0. The summed E-state index contributed by atoms with van der Waals surface area (Å²) in [6, 6.07) is 46.0. The van der Waals surface area contributed by atoms with Gasteiger partial charge in [-0.2, -0.15) is 0 Å². The van der Waals surface area contributed by atoms with Crippen LogP contribution in [0.4, 0.5) is 0 Å². The second kappa shape index (κ2) is 12.4. The summed E-state index contributed by atoms with van der Waals surface area (Å²) in [5, 5.41) is 5.33. The van der Waals surface area contributed by atoms with E-state index in [1.807, 2.05) is 12.4 Å². The van der Waals surface area contributed by atoms with Gasteiger partial charge in [0.1, 0.15) is 0 Å². The van der Waals surface area contributed by atoms with Gasteiger partial charge in [0, 0.05) is 56.7 Å². The summed E-state index contributed by atoms with van der Waals surface area (Å²) in [5.74, 6) is 0. The van der Waals surface area contributed by atoms with Crippen LogP contribution in [0.5, 0.6) is 0 Å². The average Bonchev–Trinajstić information content (AvgIpc) is 3.75. The SMILES string of the molecule is Cc1ccc(-c2ccc3c(c2)c2cc4c5c(c2n3-c2ccnc(C)c2)CCc2cc3c6cc(-c7ccc(C)cc7)ccc6n(-c6ccnc(C)c6)c3c(c2-5)CC4)cc1. The molecule has 0 radical (unpaired) electrons. The zero-order chi connectivity index (χ0) is 38.8. The number of rotatable bonds is 4. The summed E-state index contributed by atoms with van der Waals surface area (Å²) in [5.41, 5.74) is 26.0. The minimum absolute atomic E-state index is 1.000. The molecule has 2 aliphatic carbocycles. The Hall–Kier alpha value is -6.78. The van der Waals surface area contributed by atoms with E-state index in [-0.39, 0.29) is 0 Å². The third kappa shape index (κ3) is 4.87. The van der Waals surface area contributed by atoms with Gasteiger partial charge in [-0.25, -0.2) is 0 Å². The molecule has 2 aliphatic rings. The third-order valence-electron chi connectivity index (χ3n) is 13.1. The van der Waals surface area contributed by atoms with Gasteiger partial charge in [0.05, 0.1) is 22.1 Å². The van der Waals surface area contributed by atoms with E-state index >= 15 is 0 Å². The molecule has 12 rings (SSSR count). The van der Waals surface area contributed by atoms with E-state index in [1.165, 1.54) is 122 Å². The molecule has 4 heterocycles. The third-order valence-corrected chi connectivity index (χ3v) is 13.1. The van der Waals surface area contributed by atoms with Gasteiger partial charge in [0.2, 0.25) is 0 Å². The molecule has 0 N–H and O–H groups in total. The lowest BCUT2D eigenvalue weighted by atomic mass is 9.74. The average molecular weight is 747 g/mol. The van der Waals surface area contributed by atoms with Crippen molar-refractivity contribution in [1.29, 1.82) is 0 Å². The lowest BCUT2D eigenvalue weighted by Crippen LogP contribution is -2.16. The van der Waals surface area contributed by atoms with Gasteiger partial charge in [-0.1, -0.05) is 71.8 Å². The highest BCUT2D eigenvalue weighted by Gasteiger charge is 2.33. The highest BCUT2D eigenvalue weighted by molar-refractivity contribution is 6.17. The molecule has 0 amide bonds. The van der Waals surface area contributed by atoms with E-state index in [0.29, 0.717) is 0 Å². The van der Waals surface area contributed by atoms with E-state index in [2.05, 4.69) is 168 Å². The van der Waals surface area contributed by atoms with Crippen molar-refractivity contribution in [2.75, 3.05) is 0 Å². The zero-order valence-corrected chi connectivity index (χ0v) is 33.3. The van der Waals surface area contributed by atoms with Crippen molar-refractivity contribution >= 4 is 43.6 Å². The number of benzene rings is 6. The van der Waals surface area contributed by atoms with Crippen LogP contribution >= 0.6 is 0 Å². The van der Waals surface area contributed by atoms with Crippen molar-refractivity contribution in [2.24, 2.45) is 0 Å². The summed E-state index contributed by atoms with van der Waals surface area (Å²) in [4.78, 5) is 9.23. The molecule has 58 heavy (non-hydrogen) atoms. The molecule has 0 atom stereocenters. The maximum absolute atomic E-state index is 4.61. The van der Waals surface area contributed by atoms with Crippen LogP contribution in [-0.4, -0.2) is 19.1 Å². The standard InChI is InChI=1S/C54H42N4/c1-31-5-9-35(10-6-31)37-15-19-49-45(27-37)47-29-39-13-18-44-52-40(14-17-43(51(39)52)53(47)57(49)41-21-23-55-33(3)25-41)30-48-46-28-38(36-11-7-32(2)8-12-36)16-20-50(46)58(54(44)48)42-22-24-56-34(4)26-42/h5-12,15-16,19-30H,13-14,17-18H2,1-4H3. The predicted octanol–water partition coefficient (Wildman–Crippen LogP) is 13.1. The smallest absolute Gasteiger partial charge is 0.0579 e. The van der Waals surface area contributed by atoms with Crippen LogP contribution in [0, 0.1) is 27.7 Å². The number of hydrogen-bond acceptors (Lipinski definition) is 2. The van der Waals surface area contributed by atoms with E-state index < -0.39 is 0 Å². The van der Waals surface area contributed by atoms with Crippen LogP contribution in [0.3, 0.4) is 0 Å². The first kappa shape index (κ1) is 33.4. The normalized spacial score (nSPS) is 13.2. The number of nitrogens with zero attached hydrogens (tertiary/aromatic N) is 4. The first-order valence-corrected chi connectivity index (χ1v) is 20.6. The van der Waals surface area contributed by atoms with E-state index in [0.717, 1.165) is 37.1 Å². The van der Waals surface area contributed by atoms with Crippen molar-refractivity contribution < 1.29 is 0 Å². The molecule has 0 aliphatic heterocycles. The monoisotopic (exact) mass is 746 g/mol. The Labute approximate surface area is 338 Å². The Morgan fingerprint density at radius 2 is 0.810 bits per heavy atom. The highest BCUT2D eigenvalue weighted by Crippen LogP contribution is 2.51. The van der Waals surface area contributed by atoms with Gasteiger partial charge in [-0.15, -0.1) is 0 Å². The molecule has 0 unspecified atom stereocenters. The predicted molar refractivity (Wildman–Crippen MR) is 241 cm³/mol. The van der Waals surface area contributed by atoms with Crippen molar-refractivity contribution in [2.45, 2.75) is 53.4 Å². The van der Waals surface area contributed by atoms with E-state index in [1.54, 1.807) is 0 Å². The Morgan fingerprint density at radius 3 is 1.22 bits per heavy atom. The number of fused-ring (bicyclic) bond motifs is 8. The Bertz CT molecular complexity index is 3130. The summed E-state index contributed by atoms with van der Waals surface area (Å²) in [6.07, 6.45) is 7.93. The summed E-state index contributed by atoms with van der Waals surface area (Å²) in [7, 11) is 0. The molecule has 4 nitrogen and oxygen atoms in total. The molecule has 0 bridgehead atoms. The fourth-order valence-electron chi connectivity index (χ4n) is 10.4. The summed E-state index contributed by atoms with van der Waals surface area (Å²) in [6.45, 7) is 8.50. The van der Waals surface area contributed by atoms with Crippen LogP contribution in [0.15, 0.2) is 134 Å². The molecule has 4 heteroatoms. The Balaban J connectivity index is 1.16. The molecule has 10 aromatic rings. The minimum atomic E-state index is 1.000. The first-order valence-electron chi connectivity index (χ1n) is 20.6. The fraction of sp³-hybridized carbons (Fsp3) is 0.148. The Morgan fingerprint density at radius 1 is 0.397 bits per heavy atom. The van der Waals surface area contributed by atoms with Gasteiger partial charge in [0.25, 0.3) is 0 Å². The van der Waals surface area contributed by atoms with Crippen LogP contribution in [0.1, 0.15) is 44.8 Å². The second-order valence-electron chi connectivity index (χ2n) is 16.7. The van der Waals surface area contributed by atoms with Crippen LogP contribution in [-0.2, 0) is 25.7 Å². The van der Waals surface area contributed by atoms with E-state index in [4.69, 9.17) is 0 Å². The summed E-state index contributed by atoms with van der Waals surface area (Å²) >= 11 is 0. The van der Waals surface area contributed by atoms with E-state index in [9.17, 15) is 0 Å². The van der Waals surface area contributed by atoms with Gasteiger partial charge < -0.3 is 9.13 Å². The lowest BCUT2D eigenvalue weighted by molar-refractivity contribution is 0.883. The molecule has 0 spiro atoms. The van der Waals surface area contributed by atoms with Crippen molar-refractivity contribution in [1.82, 2.24) is 19.1 Å². The molecule has 6 aromatic carbocycles. The van der Waals surface area contributed by atoms with Crippen molar-refractivity contribution in [3.05, 3.63) is 178 Å². The summed E-state index contributed by atoms with van der Waals surface area (Å²) < 4.78 is 5.07. The van der Waals surface area contributed by atoms with Gasteiger partial charge in [-0.3, -0.25) is 9.97 Å². The molecule has 4 aromatic heterocycles. The number of pyridine rings is 2. The Kier molecular flexibility index (Phi) is 7.11. The van der Waals surface area contributed by atoms with Gasteiger partial charge in [0.15, 0.2) is 0 Å². The molecule has 0 saturated heterocycles. The van der Waals surface area contributed by atoms with Crippen molar-refractivity contribution in [3.8, 4) is 44.8 Å². The van der Waals surface area contributed by atoms with Crippen LogP contribution < -0.4 is 0 Å². The molecule has 0 saturated carbocycles. The van der Waals surface area contributed by atoms with Crippen LogP contribution in [0.25, 0.3) is 88.4 Å². The maximum atomic E-state index is 4.61. The quantitative estimate of drug-likeness (QED) is 0.180. The topological polar surface area (TPSA) is 35.6 Å².